The van der Waals surface area contributed by atoms with Crippen molar-refractivity contribution in [2.24, 2.45) is 5.73 Å². The molecule has 0 aliphatic carbocycles. The molecule has 8 nitrogen and oxygen atoms in total. The first-order valence-electron chi connectivity index (χ1n) is 9.47. The molecular formula is C22H26N2O6. The maximum Gasteiger partial charge on any atom is 0.338 e. The number of para-hydroxylation sites is 2. The van der Waals surface area contributed by atoms with Crippen LogP contribution in [0.25, 0.3) is 0 Å². The van der Waals surface area contributed by atoms with Crippen LogP contribution in [0.4, 0.5) is 5.69 Å². The van der Waals surface area contributed by atoms with Crippen molar-refractivity contribution < 1.29 is 28.6 Å². The summed E-state index contributed by atoms with van der Waals surface area (Å²) in [6.45, 7) is 3.36. The first kappa shape index (κ1) is 22.7. The third kappa shape index (κ3) is 6.51. The molecule has 0 unspecified atom stereocenters. The fourth-order valence-electron chi connectivity index (χ4n) is 2.65. The van der Waals surface area contributed by atoms with E-state index >= 15 is 0 Å². The molecule has 0 aliphatic heterocycles. The first-order valence-corrected chi connectivity index (χ1v) is 9.47. The fraction of sp³-hybridized carbons (Fsp3) is 0.318. The van der Waals surface area contributed by atoms with Gasteiger partial charge in [-0.15, -0.1) is 0 Å². The molecule has 0 radical (unpaired) electrons. The second-order valence-electron chi connectivity index (χ2n) is 6.70. The highest BCUT2D eigenvalue weighted by Crippen LogP contribution is 2.28. The molecule has 0 aliphatic rings. The Morgan fingerprint density at radius 1 is 1.03 bits per heavy atom. The van der Waals surface area contributed by atoms with Crippen LogP contribution in [0.5, 0.6) is 11.5 Å². The quantitative estimate of drug-likeness (QED) is 0.599. The minimum atomic E-state index is -0.521. The first-order chi connectivity index (χ1) is 14.3. The monoisotopic (exact) mass is 414 g/mol. The molecule has 0 saturated heterocycles. The molecule has 2 aromatic carbocycles. The van der Waals surface area contributed by atoms with Crippen molar-refractivity contribution in [3.05, 3.63) is 54.1 Å². The van der Waals surface area contributed by atoms with Crippen molar-refractivity contribution in [2.45, 2.75) is 26.4 Å². The molecular weight excluding hydrogens is 388 g/mol. The predicted octanol–water partition coefficient (Wildman–Crippen LogP) is 2.55. The number of primary amides is 1. The van der Waals surface area contributed by atoms with Crippen LogP contribution in [0.1, 0.15) is 30.6 Å². The van der Waals surface area contributed by atoms with Crippen molar-refractivity contribution in [3.8, 4) is 11.5 Å². The Bertz CT molecular complexity index is 879. The fourth-order valence-corrected chi connectivity index (χ4v) is 2.65. The number of amides is 2. The summed E-state index contributed by atoms with van der Waals surface area (Å²) in [5, 5.41) is 0. The molecule has 2 N–H and O–H groups in total. The van der Waals surface area contributed by atoms with E-state index in [0.29, 0.717) is 22.7 Å². The molecule has 2 amide bonds. The number of rotatable bonds is 10. The molecule has 0 bridgehead atoms. The van der Waals surface area contributed by atoms with E-state index in [1.807, 2.05) is 0 Å². The van der Waals surface area contributed by atoms with Crippen molar-refractivity contribution in [2.75, 3.05) is 25.2 Å². The lowest BCUT2D eigenvalue weighted by atomic mass is 10.2. The Labute approximate surface area is 175 Å². The topological polar surface area (TPSA) is 108 Å². The Morgan fingerprint density at radius 2 is 1.70 bits per heavy atom. The summed E-state index contributed by atoms with van der Waals surface area (Å²) < 4.78 is 16.0. The summed E-state index contributed by atoms with van der Waals surface area (Å²) in [7, 11) is 1.50. The van der Waals surface area contributed by atoms with Crippen LogP contribution in [0, 0.1) is 0 Å². The SMILES string of the molecule is COc1ccccc1N(CCC(N)=O)C(=O)COc1ccc(C(=O)OC(C)C)cc1. The van der Waals surface area contributed by atoms with E-state index < -0.39 is 11.9 Å². The van der Waals surface area contributed by atoms with Crippen LogP contribution in [0.15, 0.2) is 48.5 Å². The van der Waals surface area contributed by atoms with Crippen molar-refractivity contribution >= 4 is 23.5 Å². The normalized spacial score (nSPS) is 10.4. The summed E-state index contributed by atoms with van der Waals surface area (Å²) in [5.41, 5.74) is 6.15. The van der Waals surface area contributed by atoms with E-state index in [1.54, 1.807) is 62.4 Å². The Balaban J connectivity index is 2.08. The second kappa shape index (κ2) is 10.8. The summed E-state index contributed by atoms with van der Waals surface area (Å²) in [6, 6.07) is 13.3. The zero-order valence-electron chi connectivity index (χ0n) is 17.3. The van der Waals surface area contributed by atoms with Crippen LogP contribution in [-0.2, 0) is 14.3 Å². The van der Waals surface area contributed by atoms with Crippen molar-refractivity contribution in [1.82, 2.24) is 0 Å². The lowest BCUT2D eigenvalue weighted by molar-refractivity contribution is -0.120. The van der Waals surface area contributed by atoms with Gasteiger partial charge in [0, 0.05) is 13.0 Å². The summed E-state index contributed by atoms with van der Waals surface area (Å²) in [4.78, 5) is 37.3. The van der Waals surface area contributed by atoms with Gasteiger partial charge in [0.2, 0.25) is 5.91 Å². The van der Waals surface area contributed by atoms with E-state index in [2.05, 4.69) is 0 Å². The molecule has 0 aromatic heterocycles. The average Bonchev–Trinajstić information content (AvgIpc) is 2.72. The van der Waals surface area contributed by atoms with Gasteiger partial charge in [-0.3, -0.25) is 9.59 Å². The summed E-state index contributed by atoms with van der Waals surface area (Å²) in [6.07, 6.45) is -0.219. The van der Waals surface area contributed by atoms with E-state index in [0.717, 1.165) is 0 Å². The van der Waals surface area contributed by atoms with Gasteiger partial charge in [-0.1, -0.05) is 12.1 Å². The van der Waals surface area contributed by atoms with Gasteiger partial charge in [0.05, 0.1) is 24.5 Å². The summed E-state index contributed by atoms with van der Waals surface area (Å²) >= 11 is 0. The number of benzene rings is 2. The zero-order valence-corrected chi connectivity index (χ0v) is 17.3. The minimum absolute atomic E-state index is 0.00352. The highest BCUT2D eigenvalue weighted by molar-refractivity contribution is 5.96. The third-order valence-corrected chi connectivity index (χ3v) is 4.05. The maximum absolute atomic E-state index is 12.8. The van der Waals surface area contributed by atoms with Gasteiger partial charge < -0.3 is 24.8 Å². The van der Waals surface area contributed by atoms with E-state index in [9.17, 15) is 14.4 Å². The van der Waals surface area contributed by atoms with Gasteiger partial charge in [0.25, 0.3) is 5.91 Å². The molecule has 30 heavy (non-hydrogen) atoms. The molecule has 160 valence electrons. The van der Waals surface area contributed by atoms with Gasteiger partial charge in [0.1, 0.15) is 11.5 Å². The van der Waals surface area contributed by atoms with Crippen LogP contribution in [0.2, 0.25) is 0 Å². The van der Waals surface area contributed by atoms with Gasteiger partial charge >= 0.3 is 5.97 Å². The molecule has 0 fully saturated rings. The largest absolute Gasteiger partial charge is 0.495 e. The van der Waals surface area contributed by atoms with Crippen LogP contribution < -0.4 is 20.1 Å². The Hall–Kier alpha value is -3.55. The van der Waals surface area contributed by atoms with Gasteiger partial charge in [-0.2, -0.15) is 0 Å². The van der Waals surface area contributed by atoms with Crippen molar-refractivity contribution in [1.29, 1.82) is 0 Å². The number of hydrogen-bond donors (Lipinski definition) is 1. The highest BCUT2D eigenvalue weighted by Gasteiger charge is 2.20. The van der Waals surface area contributed by atoms with Gasteiger partial charge in [-0.25, -0.2) is 4.79 Å². The highest BCUT2D eigenvalue weighted by atomic mass is 16.5. The van der Waals surface area contributed by atoms with E-state index in [-0.39, 0.29) is 31.6 Å². The maximum atomic E-state index is 12.8. The Morgan fingerprint density at radius 3 is 2.30 bits per heavy atom. The summed E-state index contributed by atoms with van der Waals surface area (Å²) in [5.74, 6) is -0.416. The molecule has 2 rings (SSSR count). The number of carbonyl (C=O) groups is 3. The molecule has 2 aromatic rings. The molecule has 0 atom stereocenters. The lowest BCUT2D eigenvalue weighted by Gasteiger charge is -2.24. The van der Waals surface area contributed by atoms with Gasteiger partial charge in [-0.05, 0) is 50.2 Å². The van der Waals surface area contributed by atoms with Crippen LogP contribution >= 0.6 is 0 Å². The minimum Gasteiger partial charge on any atom is -0.495 e. The number of methoxy groups -OCH3 is 1. The smallest absolute Gasteiger partial charge is 0.338 e. The lowest BCUT2D eigenvalue weighted by Crippen LogP contribution is -2.37. The average molecular weight is 414 g/mol. The van der Waals surface area contributed by atoms with E-state index in [4.69, 9.17) is 19.9 Å². The molecule has 0 spiro atoms. The number of carbonyl (C=O) groups excluding carboxylic acids is 3. The van der Waals surface area contributed by atoms with Gasteiger partial charge in [0.15, 0.2) is 6.61 Å². The number of ether oxygens (including phenoxy) is 3. The third-order valence-electron chi connectivity index (χ3n) is 4.05. The zero-order chi connectivity index (χ0) is 22.1. The molecule has 0 saturated carbocycles. The Kier molecular flexibility index (Phi) is 8.22. The van der Waals surface area contributed by atoms with Crippen LogP contribution in [-0.4, -0.2) is 44.1 Å². The number of esters is 1. The number of nitrogens with zero attached hydrogens (tertiary/aromatic N) is 1. The number of anilines is 1. The number of nitrogens with two attached hydrogens (primary N) is 1. The van der Waals surface area contributed by atoms with Crippen LogP contribution in [0.3, 0.4) is 0 Å². The second-order valence-corrected chi connectivity index (χ2v) is 6.70. The predicted molar refractivity (Wildman–Crippen MR) is 112 cm³/mol. The standard InChI is InChI=1S/C22H26N2O6/c1-15(2)30-22(27)16-8-10-17(11-9-16)29-14-21(26)24(13-12-20(23)25)18-6-4-5-7-19(18)28-3/h4-11,15H,12-14H2,1-3H3,(H2,23,25). The van der Waals surface area contributed by atoms with E-state index in [1.165, 1.54) is 12.0 Å². The molecule has 0 heterocycles. The number of hydrogen-bond acceptors (Lipinski definition) is 6. The molecule has 8 heteroatoms. The van der Waals surface area contributed by atoms with Crippen molar-refractivity contribution in [3.63, 3.8) is 0 Å².